The first-order valence-electron chi connectivity index (χ1n) is 3.22. The molecule has 0 bridgehead atoms. The molecule has 0 aromatic rings. The van der Waals surface area contributed by atoms with Crippen molar-refractivity contribution >= 4 is 11.4 Å². The summed E-state index contributed by atoms with van der Waals surface area (Å²) in [5, 5.41) is 14.5. The lowest BCUT2D eigenvalue weighted by molar-refractivity contribution is 1.47. The van der Waals surface area contributed by atoms with Crippen molar-refractivity contribution in [2.24, 2.45) is 0 Å². The van der Waals surface area contributed by atoms with Gasteiger partial charge in [0.15, 0.2) is 0 Å². The molecule has 0 fully saturated rings. The Kier molecular flexibility index (Phi) is 3.81. The average Bonchev–Trinajstić information content (AvgIpc) is 1.98. The predicted octanol–water partition coefficient (Wildman–Crippen LogP) is 2.34. The highest BCUT2D eigenvalue weighted by molar-refractivity contribution is 6.11. The van der Waals surface area contributed by atoms with Gasteiger partial charge in [0.1, 0.15) is 0 Å². The Labute approximate surface area is 67.0 Å². The number of hydrogen-bond acceptors (Lipinski definition) is 2. The van der Waals surface area contributed by atoms with Gasteiger partial charge in [-0.25, -0.2) is 0 Å². The van der Waals surface area contributed by atoms with E-state index < -0.39 is 0 Å². The highest BCUT2D eigenvalue weighted by Crippen LogP contribution is 1.99. The summed E-state index contributed by atoms with van der Waals surface area (Å²) in [4.78, 5) is 0. The molecule has 0 atom stereocenters. The minimum absolute atomic E-state index is 0.298. The molecule has 0 rings (SSSR count). The summed E-state index contributed by atoms with van der Waals surface area (Å²) in [5.41, 5.74) is 1.34. The molecule has 0 spiro atoms. The Morgan fingerprint density at radius 1 is 1.18 bits per heavy atom. The van der Waals surface area contributed by atoms with E-state index in [1.165, 1.54) is 6.08 Å². The minimum Gasteiger partial charge on any atom is -0.306 e. The fourth-order valence-corrected chi connectivity index (χ4v) is 0.598. The van der Waals surface area contributed by atoms with Gasteiger partial charge in [0.25, 0.3) is 0 Å². The Hall–Kier alpha value is -1.44. The molecule has 2 nitrogen and oxygen atoms in total. The molecule has 0 aliphatic heterocycles. The van der Waals surface area contributed by atoms with E-state index >= 15 is 0 Å². The summed E-state index contributed by atoms with van der Waals surface area (Å²) in [6.07, 6.45) is 4.55. The third-order valence-electron chi connectivity index (χ3n) is 1.11. The van der Waals surface area contributed by atoms with Crippen molar-refractivity contribution < 1.29 is 0 Å². The highest BCUT2D eigenvalue weighted by Gasteiger charge is 1.95. The van der Waals surface area contributed by atoms with Crippen LogP contribution in [0.15, 0.2) is 37.0 Å². The van der Waals surface area contributed by atoms with Crippen molar-refractivity contribution in [2.45, 2.75) is 6.92 Å². The molecule has 2 N–H and O–H groups in total. The van der Waals surface area contributed by atoms with Crippen molar-refractivity contribution in [2.75, 3.05) is 0 Å². The molecule has 0 aromatic heterocycles. The molecule has 11 heavy (non-hydrogen) atoms. The van der Waals surface area contributed by atoms with E-state index in [-0.39, 0.29) is 0 Å². The van der Waals surface area contributed by atoms with Gasteiger partial charge in [0.2, 0.25) is 0 Å². The SMILES string of the molecule is C=CC(=N)/C(C=C)=C\C(C)=N. The second kappa shape index (κ2) is 4.39. The number of hydrogen-bond donors (Lipinski definition) is 2. The fraction of sp³-hybridized carbons (Fsp3) is 0.111. The van der Waals surface area contributed by atoms with Crippen LogP contribution in [-0.2, 0) is 0 Å². The number of nitrogens with one attached hydrogen (secondary N) is 2. The second-order valence-corrected chi connectivity index (χ2v) is 2.10. The Balaban J connectivity index is 4.65. The fourth-order valence-electron chi connectivity index (χ4n) is 0.598. The summed E-state index contributed by atoms with van der Waals surface area (Å²) in [7, 11) is 0. The Morgan fingerprint density at radius 2 is 1.73 bits per heavy atom. The predicted molar refractivity (Wildman–Crippen MR) is 49.6 cm³/mol. The summed E-state index contributed by atoms with van der Waals surface area (Å²) >= 11 is 0. The average molecular weight is 148 g/mol. The molecule has 0 unspecified atom stereocenters. The first kappa shape index (κ1) is 9.56. The maximum atomic E-state index is 7.33. The van der Waals surface area contributed by atoms with Crippen LogP contribution in [0.1, 0.15) is 6.92 Å². The highest BCUT2D eigenvalue weighted by atomic mass is 14.4. The topological polar surface area (TPSA) is 47.7 Å². The second-order valence-electron chi connectivity index (χ2n) is 2.10. The van der Waals surface area contributed by atoms with E-state index in [9.17, 15) is 0 Å². The molecule has 0 saturated carbocycles. The third-order valence-corrected chi connectivity index (χ3v) is 1.11. The summed E-state index contributed by atoms with van der Waals surface area (Å²) in [5.74, 6) is 0. The van der Waals surface area contributed by atoms with Crippen LogP contribution >= 0.6 is 0 Å². The molecule has 0 saturated heterocycles. The van der Waals surface area contributed by atoms with Gasteiger partial charge in [-0.3, -0.25) is 0 Å². The molecule has 58 valence electrons. The van der Waals surface area contributed by atoms with Crippen molar-refractivity contribution in [3.05, 3.63) is 37.0 Å². The first-order chi connectivity index (χ1) is 5.11. The molecule has 0 aliphatic rings. The van der Waals surface area contributed by atoms with Crippen molar-refractivity contribution in [1.29, 1.82) is 10.8 Å². The van der Waals surface area contributed by atoms with Gasteiger partial charge < -0.3 is 10.8 Å². The lowest BCUT2D eigenvalue weighted by Gasteiger charge is -1.96. The van der Waals surface area contributed by atoms with Crippen molar-refractivity contribution in [3.8, 4) is 0 Å². The van der Waals surface area contributed by atoms with Crippen molar-refractivity contribution in [3.63, 3.8) is 0 Å². The smallest absolute Gasteiger partial charge is 0.0606 e. The van der Waals surface area contributed by atoms with E-state index in [4.69, 9.17) is 10.8 Å². The maximum absolute atomic E-state index is 7.33. The number of rotatable bonds is 4. The van der Waals surface area contributed by atoms with Gasteiger partial charge in [-0.15, -0.1) is 0 Å². The van der Waals surface area contributed by atoms with Gasteiger partial charge >= 0.3 is 0 Å². The molecule has 0 heterocycles. The summed E-state index contributed by atoms with van der Waals surface area (Å²) in [6.45, 7) is 8.64. The quantitative estimate of drug-likeness (QED) is 0.454. The van der Waals surface area contributed by atoms with Gasteiger partial charge in [-0.1, -0.05) is 19.2 Å². The zero-order chi connectivity index (χ0) is 8.85. The molecule has 0 radical (unpaired) electrons. The van der Waals surface area contributed by atoms with E-state index in [2.05, 4.69) is 13.2 Å². The minimum atomic E-state index is 0.298. The standard InChI is InChI=1S/C9H12N2/c1-4-8(6-7(3)10)9(11)5-2/h4-6,10-11H,1-2H2,3H3/b8-6-,10-7?,11-9?. The van der Waals surface area contributed by atoms with Gasteiger partial charge in [0, 0.05) is 11.3 Å². The first-order valence-corrected chi connectivity index (χ1v) is 3.22. The van der Waals surface area contributed by atoms with Crippen LogP contribution in [0.5, 0.6) is 0 Å². The normalized spacial score (nSPS) is 10.5. The van der Waals surface area contributed by atoms with Crippen LogP contribution in [0.3, 0.4) is 0 Å². The van der Waals surface area contributed by atoms with Crippen LogP contribution in [0, 0.1) is 10.8 Å². The van der Waals surface area contributed by atoms with Crippen LogP contribution in [0.4, 0.5) is 0 Å². The van der Waals surface area contributed by atoms with Gasteiger partial charge in [-0.05, 0) is 19.1 Å². The molecule has 2 heteroatoms. The van der Waals surface area contributed by atoms with Gasteiger partial charge in [-0.2, -0.15) is 0 Å². The van der Waals surface area contributed by atoms with Crippen LogP contribution < -0.4 is 0 Å². The maximum Gasteiger partial charge on any atom is 0.0606 e. The van der Waals surface area contributed by atoms with Crippen LogP contribution in [0.25, 0.3) is 0 Å². The summed E-state index contributed by atoms with van der Waals surface area (Å²) < 4.78 is 0. The summed E-state index contributed by atoms with van der Waals surface area (Å²) in [6, 6.07) is 0. The van der Waals surface area contributed by atoms with E-state index in [0.29, 0.717) is 17.0 Å². The Morgan fingerprint density at radius 3 is 2.00 bits per heavy atom. The van der Waals surface area contributed by atoms with E-state index in [1.807, 2.05) is 0 Å². The third kappa shape index (κ3) is 3.30. The largest absolute Gasteiger partial charge is 0.306 e. The molecular weight excluding hydrogens is 136 g/mol. The zero-order valence-electron chi connectivity index (χ0n) is 6.65. The van der Waals surface area contributed by atoms with Crippen molar-refractivity contribution in [1.82, 2.24) is 0 Å². The van der Waals surface area contributed by atoms with Gasteiger partial charge in [0.05, 0.1) is 5.71 Å². The van der Waals surface area contributed by atoms with Crippen LogP contribution in [-0.4, -0.2) is 11.4 Å². The van der Waals surface area contributed by atoms with Crippen LogP contribution in [0.2, 0.25) is 0 Å². The monoisotopic (exact) mass is 148 g/mol. The molecule has 0 amide bonds. The molecule has 0 aliphatic carbocycles. The molecular formula is C9H12N2. The Bertz CT molecular complexity index is 234. The molecule has 0 aromatic carbocycles. The van der Waals surface area contributed by atoms with E-state index in [0.717, 1.165) is 0 Å². The lowest BCUT2D eigenvalue weighted by atomic mass is 10.1. The zero-order valence-corrected chi connectivity index (χ0v) is 6.65. The lowest BCUT2D eigenvalue weighted by Crippen LogP contribution is -1.96. The number of allylic oxidation sites excluding steroid dienone is 4. The van der Waals surface area contributed by atoms with E-state index in [1.54, 1.807) is 19.1 Å².